The van der Waals surface area contributed by atoms with Crippen LogP contribution in [0.5, 0.6) is 11.5 Å². The van der Waals surface area contributed by atoms with E-state index in [1.54, 1.807) is 0 Å². The molecule has 4 N–H and O–H groups in total. The Morgan fingerprint density at radius 2 is 1.00 bits per heavy atom. The molecule has 0 amide bonds. The van der Waals surface area contributed by atoms with Crippen LogP contribution in [0.2, 0.25) is 0 Å². The van der Waals surface area contributed by atoms with Crippen LogP contribution in [0.15, 0.2) is 24.3 Å². The molecular weight excluding hydrogens is 658 g/mol. The third-order valence-corrected chi connectivity index (χ3v) is 13.5. The van der Waals surface area contributed by atoms with E-state index in [1.165, 1.54) is 25.0 Å². The Morgan fingerprint density at radius 3 is 1.40 bits per heavy atom. The van der Waals surface area contributed by atoms with E-state index in [-0.39, 0.29) is 46.5 Å². The Labute approximate surface area is 310 Å². The van der Waals surface area contributed by atoms with Crippen molar-refractivity contribution in [1.29, 1.82) is 0 Å². The zero-order chi connectivity index (χ0) is 36.9. The first-order chi connectivity index (χ1) is 25.0. The smallest absolute Gasteiger partial charge is 0.311 e. The Morgan fingerprint density at radius 1 is 0.615 bits per heavy atom. The van der Waals surface area contributed by atoms with Crippen molar-refractivity contribution < 1.29 is 27.8 Å². The maximum atomic E-state index is 15.3. The summed E-state index contributed by atoms with van der Waals surface area (Å²) in [4.78, 5) is 25.3. The summed E-state index contributed by atoms with van der Waals surface area (Å²) in [7, 11) is 0. The molecule has 286 valence electrons. The van der Waals surface area contributed by atoms with Gasteiger partial charge in [0.05, 0.1) is 0 Å². The zero-order valence-corrected chi connectivity index (χ0v) is 31.7. The monoisotopic (exact) mass is 720 g/mol. The van der Waals surface area contributed by atoms with Crippen LogP contribution in [0.4, 0.5) is 8.78 Å². The molecule has 0 aromatic heterocycles. The van der Waals surface area contributed by atoms with Crippen LogP contribution in [0.25, 0.3) is 0 Å². The van der Waals surface area contributed by atoms with Gasteiger partial charge in [-0.2, -0.15) is 0 Å². The van der Waals surface area contributed by atoms with Gasteiger partial charge in [-0.1, -0.05) is 90.9 Å². The van der Waals surface area contributed by atoms with Crippen LogP contribution in [0, 0.1) is 23.5 Å². The fourth-order valence-corrected chi connectivity index (χ4v) is 10.2. The van der Waals surface area contributed by atoms with Crippen LogP contribution in [0.1, 0.15) is 165 Å². The average molecular weight is 721 g/mol. The lowest BCUT2D eigenvalue weighted by atomic mass is 9.60. The van der Waals surface area contributed by atoms with E-state index >= 15 is 8.78 Å². The Bertz CT molecular complexity index is 1460. The summed E-state index contributed by atoms with van der Waals surface area (Å²) in [6.45, 7) is 4.32. The predicted octanol–water partition coefficient (Wildman–Crippen LogP) is 9.82. The number of esters is 2. The maximum absolute atomic E-state index is 15.3. The molecule has 0 heterocycles. The second kappa shape index (κ2) is 17.1. The molecule has 4 aliphatic carbocycles. The van der Waals surface area contributed by atoms with Gasteiger partial charge in [-0.05, 0) is 97.6 Å². The third-order valence-electron chi connectivity index (χ3n) is 13.5. The van der Waals surface area contributed by atoms with Gasteiger partial charge in [0.1, 0.15) is 23.1 Å². The maximum Gasteiger partial charge on any atom is 0.311 e. The molecule has 6 atom stereocenters. The molecule has 4 aliphatic rings. The summed E-state index contributed by atoms with van der Waals surface area (Å²) in [6, 6.07) is 6.49. The number of fused-ring (bicyclic) bond motifs is 8. The molecule has 0 saturated heterocycles. The first kappa shape index (κ1) is 38.9. The third kappa shape index (κ3) is 8.59. The summed E-state index contributed by atoms with van der Waals surface area (Å²) in [5.74, 6) is -0.0324. The topological polar surface area (TPSA) is 105 Å². The Kier molecular flexibility index (Phi) is 12.8. The SMILES string of the molecule is C[C@@]12CCCCCC(Cc3c(F)cc(OC(=O)CCCCCCCCCCC(=O)Oc4cc(F)c5c(c4)[C@@]4(C)CCCCC[C@@H](C5)[C@@H]4N)cc31)[C@@H]2N. The normalized spacial score (nSPS) is 28.3. The van der Waals surface area contributed by atoms with Crippen molar-refractivity contribution >= 4 is 11.9 Å². The highest BCUT2D eigenvalue weighted by Crippen LogP contribution is 2.49. The van der Waals surface area contributed by atoms with Crippen molar-refractivity contribution in [1.82, 2.24) is 0 Å². The number of nitrogens with two attached hydrogens (primary N) is 2. The van der Waals surface area contributed by atoms with Crippen molar-refractivity contribution in [3.8, 4) is 11.5 Å². The average Bonchev–Trinajstić information content (AvgIpc) is 3.10. The highest BCUT2D eigenvalue weighted by molar-refractivity contribution is 5.73. The minimum atomic E-state index is -0.323. The molecule has 6 rings (SSSR count). The van der Waals surface area contributed by atoms with Gasteiger partial charge in [-0.15, -0.1) is 0 Å². The van der Waals surface area contributed by atoms with Crippen molar-refractivity contribution in [2.75, 3.05) is 0 Å². The van der Waals surface area contributed by atoms with Crippen molar-refractivity contribution in [2.45, 2.75) is 178 Å². The molecule has 0 radical (unpaired) electrons. The van der Waals surface area contributed by atoms with E-state index in [0.29, 0.717) is 49.0 Å². The van der Waals surface area contributed by atoms with Gasteiger partial charge >= 0.3 is 11.9 Å². The summed E-state index contributed by atoms with van der Waals surface area (Å²) in [5.41, 5.74) is 16.3. The minimum absolute atomic E-state index is 0.0158. The minimum Gasteiger partial charge on any atom is -0.426 e. The van der Waals surface area contributed by atoms with Gasteiger partial charge in [0.15, 0.2) is 0 Å². The molecule has 52 heavy (non-hydrogen) atoms. The van der Waals surface area contributed by atoms with E-state index in [9.17, 15) is 9.59 Å². The standard InChI is InChI=1S/C44H62F2N2O4/c1-43-21-15-9-11-17-29(41(43)47)23-33-35(43)25-31(27-37(33)45)51-39(49)19-13-7-5-3-4-6-8-14-20-40(50)52-32-26-36-34(38(46)28-32)24-30-18-12-10-16-22-44(36,2)42(30)48/h25-30,41-42H,3-24,47-48H2,1-2H3/t29-,30?,41-,42-,43+,44+/m0/s1. The van der Waals surface area contributed by atoms with Crippen molar-refractivity contribution in [3.63, 3.8) is 0 Å². The van der Waals surface area contributed by atoms with Gasteiger partial charge in [-0.3, -0.25) is 9.59 Å². The lowest BCUT2D eigenvalue weighted by Gasteiger charge is -2.47. The highest BCUT2D eigenvalue weighted by atomic mass is 19.1. The summed E-state index contributed by atoms with van der Waals surface area (Å²) in [6.07, 6.45) is 20.2. The second-order valence-electron chi connectivity index (χ2n) is 17.2. The number of carbonyl (C=O) groups is 2. The zero-order valence-electron chi connectivity index (χ0n) is 31.7. The lowest BCUT2D eigenvalue weighted by molar-refractivity contribution is -0.135. The number of ether oxygens (including phenoxy) is 2. The van der Waals surface area contributed by atoms with E-state index in [0.717, 1.165) is 125 Å². The molecule has 2 saturated carbocycles. The first-order valence-corrected chi connectivity index (χ1v) is 20.6. The van der Waals surface area contributed by atoms with Crippen molar-refractivity contribution in [2.24, 2.45) is 23.3 Å². The van der Waals surface area contributed by atoms with Gasteiger partial charge in [0, 0.05) is 47.9 Å². The molecule has 8 heteroatoms. The Balaban J connectivity index is 0.863. The van der Waals surface area contributed by atoms with Crippen LogP contribution in [0.3, 0.4) is 0 Å². The van der Waals surface area contributed by atoms with Crippen LogP contribution in [-0.2, 0) is 33.3 Å². The van der Waals surface area contributed by atoms with E-state index < -0.39 is 0 Å². The summed E-state index contributed by atoms with van der Waals surface area (Å²) >= 11 is 0. The molecule has 0 aliphatic heterocycles. The van der Waals surface area contributed by atoms with Crippen molar-refractivity contribution in [3.05, 3.63) is 58.2 Å². The van der Waals surface area contributed by atoms with Gasteiger partial charge < -0.3 is 20.9 Å². The number of halogens is 2. The van der Waals surface area contributed by atoms with E-state index in [2.05, 4.69) is 13.8 Å². The van der Waals surface area contributed by atoms with Gasteiger partial charge in [-0.25, -0.2) is 8.78 Å². The number of benzene rings is 2. The lowest BCUT2D eigenvalue weighted by Crippen LogP contribution is -2.53. The van der Waals surface area contributed by atoms with E-state index in [4.69, 9.17) is 20.9 Å². The van der Waals surface area contributed by atoms with Gasteiger partial charge in [0.2, 0.25) is 0 Å². The summed E-state index contributed by atoms with van der Waals surface area (Å²) in [5, 5.41) is 0. The van der Waals surface area contributed by atoms with Crippen LogP contribution in [-0.4, -0.2) is 24.0 Å². The fourth-order valence-electron chi connectivity index (χ4n) is 10.2. The first-order valence-electron chi connectivity index (χ1n) is 20.6. The second-order valence-corrected chi connectivity index (χ2v) is 17.2. The predicted molar refractivity (Wildman–Crippen MR) is 201 cm³/mol. The molecule has 2 aromatic carbocycles. The number of unbranched alkanes of at least 4 members (excludes halogenated alkanes) is 7. The van der Waals surface area contributed by atoms with Crippen LogP contribution >= 0.6 is 0 Å². The summed E-state index contributed by atoms with van der Waals surface area (Å²) < 4.78 is 41.9. The number of carbonyl (C=O) groups excluding carboxylic acids is 2. The molecular formula is C44H62F2N2O4. The Hall–Kier alpha value is -2.84. The molecule has 4 bridgehead atoms. The number of rotatable bonds is 13. The van der Waals surface area contributed by atoms with Crippen LogP contribution < -0.4 is 20.9 Å². The fraction of sp³-hybridized carbons (Fsp3) is 0.682. The highest BCUT2D eigenvalue weighted by Gasteiger charge is 2.46. The largest absolute Gasteiger partial charge is 0.426 e. The number of hydrogen-bond donors (Lipinski definition) is 2. The quantitative estimate of drug-likeness (QED) is 0.121. The van der Waals surface area contributed by atoms with Gasteiger partial charge in [0.25, 0.3) is 0 Å². The molecule has 2 aromatic rings. The van der Waals surface area contributed by atoms with E-state index in [1.807, 2.05) is 12.1 Å². The molecule has 2 fully saturated rings. The molecule has 1 unspecified atom stereocenters. The molecule has 0 spiro atoms. The molecule has 6 nitrogen and oxygen atoms in total. The number of hydrogen-bond acceptors (Lipinski definition) is 6.